The Kier molecular flexibility index (Phi) is 5.49. The van der Waals surface area contributed by atoms with E-state index in [0.29, 0.717) is 5.92 Å². The SMILES string of the molecule is CC(C)CC(N)NC(=O)OCc1ccccc1. The van der Waals surface area contributed by atoms with Gasteiger partial charge in [0, 0.05) is 0 Å². The van der Waals surface area contributed by atoms with Crippen molar-refractivity contribution in [2.24, 2.45) is 11.7 Å². The van der Waals surface area contributed by atoms with Crippen molar-refractivity contribution in [3.8, 4) is 0 Å². The molecule has 0 aliphatic rings. The van der Waals surface area contributed by atoms with E-state index < -0.39 is 6.09 Å². The first-order chi connectivity index (χ1) is 8.08. The Labute approximate surface area is 102 Å². The van der Waals surface area contributed by atoms with Crippen LogP contribution < -0.4 is 11.1 Å². The highest BCUT2D eigenvalue weighted by atomic mass is 16.5. The van der Waals surface area contributed by atoms with E-state index in [1.54, 1.807) is 0 Å². The van der Waals surface area contributed by atoms with Gasteiger partial charge in [-0.2, -0.15) is 0 Å². The van der Waals surface area contributed by atoms with Crippen LogP contribution in [-0.4, -0.2) is 12.3 Å². The Morgan fingerprint density at radius 3 is 2.59 bits per heavy atom. The van der Waals surface area contributed by atoms with E-state index in [2.05, 4.69) is 19.2 Å². The van der Waals surface area contributed by atoms with Gasteiger partial charge in [0.05, 0.1) is 6.17 Å². The standard InChI is InChI=1S/C13H20N2O2/c1-10(2)8-12(14)15-13(16)17-9-11-6-4-3-5-7-11/h3-7,10,12H,8-9,14H2,1-2H3,(H,15,16). The Morgan fingerprint density at radius 2 is 2.00 bits per heavy atom. The van der Waals surface area contributed by atoms with Crippen molar-refractivity contribution >= 4 is 6.09 Å². The van der Waals surface area contributed by atoms with Crippen molar-refractivity contribution in [2.45, 2.75) is 33.0 Å². The zero-order chi connectivity index (χ0) is 12.7. The lowest BCUT2D eigenvalue weighted by atomic mass is 10.1. The number of amides is 1. The summed E-state index contributed by atoms with van der Waals surface area (Å²) in [5.74, 6) is 0.444. The molecule has 1 aromatic carbocycles. The van der Waals surface area contributed by atoms with Gasteiger partial charge < -0.3 is 15.8 Å². The molecule has 0 bridgehead atoms. The summed E-state index contributed by atoms with van der Waals surface area (Å²) >= 11 is 0. The van der Waals surface area contributed by atoms with Crippen molar-refractivity contribution in [3.63, 3.8) is 0 Å². The van der Waals surface area contributed by atoms with Crippen LogP contribution in [0.25, 0.3) is 0 Å². The molecule has 1 aromatic rings. The van der Waals surface area contributed by atoms with Crippen LogP contribution in [0.15, 0.2) is 30.3 Å². The van der Waals surface area contributed by atoms with Crippen molar-refractivity contribution < 1.29 is 9.53 Å². The van der Waals surface area contributed by atoms with E-state index in [-0.39, 0.29) is 12.8 Å². The number of rotatable bonds is 5. The predicted molar refractivity (Wildman–Crippen MR) is 67.2 cm³/mol. The fraction of sp³-hybridized carbons (Fsp3) is 0.462. The molecule has 3 N–H and O–H groups in total. The molecule has 1 atom stereocenters. The second-order valence-corrected chi connectivity index (χ2v) is 4.44. The van der Waals surface area contributed by atoms with Gasteiger partial charge in [0.1, 0.15) is 6.61 Å². The molecule has 1 rings (SSSR count). The largest absolute Gasteiger partial charge is 0.445 e. The smallest absolute Gasteiger partial charge is 0.408 e. The van der Waals surface area contributed by atoms with Gasteiger partial charge >= 0.3 is 6.09 Å². The third kappa shape index (κ3) is 5.92. The highest BCUT2D eigenvalue weighted by Crippen LogP contribution is 2.02. The fourth-order valence-corrected chi connectivity index (χ4v) is 1.48. The first-order valence-corrected chi connectivity index (χ1v) is 5.80. The highest BCUT2D eigenvalue weighted by molar-refractivity contribution is 5.67. The van der Waals surface area contributed by atoms with Crippen LogP contribution in [0.5, 0.6) is 0 Å². The maximum Gasteiger partial charge on any atom is 0.408 e. The molecule has 0 radical (unpaired) electrons. The van der Waals surface area contributed by atoms with Crippen LogP contribution >= 0.6 is 0 Å². The number of benzene rings is 1. The minimum atomic E-state index is -0.470. The molecule has 0 aliphatic heterocycles. The van der Waals surface area contributed by atoms with Crippen LogP contribution in [0.1, 0.15) is 25.8 Å². The molecule has 0 spiro atoms. The molecule has 0 saturated heterocycles. The molecule has 17 heavy (non-hydrogen) atoms. The number of ether oxygens (including phenoxy) is 1. The molecular weight excluding hydrogens is 216 g/mol. The van der Waals surface area contributed by atoms with Crippen LogP contribution in [0, 0.1) is 5.92 Å². The first-order valence-electron chi connectivity index (χ1n) is 5.80. The molecule has 0 aromatic heterocycles. The summed E-state index contributed by atoms with van der Waals surface area (Å²) in [6.07, 6.45) is -0.0826. The molecule has 0 fully saturated rings. The lowest BCUT2D eigenvalue weighted by molar-refractivity contribution is 0.134. The zero-order valence-electron chi connectivity index (χ0n) is 10.3. The fourth-order valence-electron chi connectivity index (χ4n) is 1.48. The van der Waals surface area contributed by atoms with Crippen LogP contribution in [0.3, 0.4) is 0 Å². The van der Waals surface area contributed by atoms with Gasteiger partial charge in [-0.3, -0.25) is 0 Å². The van der Waals surface area contributed by atoms with E-state index in [4.69, 9.17) is 10.5 Å². The summed E-state index contributed by atoms with van der Waals surface area (Å²) in [5, 5.41) is 2.60. The third-order valence-corrected chi connectivity index (χ3v) is 2.24. The number of carbonyl (C=O) groups is 1. The average Bonchev–Trinajstić information content (AvgIpc) is 2.26. The van der Waals surface area contributed by atoms with Gasteiger partial charge in [-0.1, -0.05) is 44.2 Å². The van der Waals surface area contributed by atoms with Crippen molar-refractivity contribution in [1.29, 1.82) is 0 Å². The predicted octanol–water partition coefficient (Wildman–Crippen LogP) is 2.24. The topological polar surface area (TPSA) is 64.3 Å². The van der Waals surface area contributed by atoms with Crippen LogP contribution in [0.2, 0.25) is 0 Å². The van der Waals surface area contributed by atoms with E-state index in [9.17, 15) is 4.79 Å². The number of nitrogens with two attached hydrogens (primary N) is 1. The van der Waals surface area contributed by atoms with E-state index in [1.165, 1.54) is 0 Å². The molecule has 0 aliphatic carbocycles. The summed E-state index contributed by atoms with van der Waals surface area (Å²) in [5.41, 5.74) is 6.69. The van der Waals surface area contributed by atoms with Gasteiger partial charge in [-0.15, -0.1) is 0 Å². The second-order valence-electron chi connectivity index (χ2n) is 4.44. The normalized spacial score (nSPS) is 12.2. The van der Waals surface area contributed by atoms with Crippen molar-refractivity contribution in [3.05, 3.63) is 35.9 Å². The highest BCUT2D eigenvalue weighted by Gasteiger charge is 2.09. The van der Waals surface area contributed by atoms with Crippen molar-refractivity contribution in [2.75, 3.05) is 0 Å². The Bertz CT molecular complexity index is 339. The van der Waals surface area contributed by atoms with Gasteiger partial charge in [-0.25, -0.2) is 4.79 Å². The molecular formula is C13H20N2O2. The Morgan fingerprint density at radius 1 is 1.35 bits per heavy atom. The van der Waals surface area contributed by atoms with E-state index in [1.807, 2.05) is 30.3 Å². The molecule has 0 heterocycles. The van der Waals surface area contributed by atoms with Gasteiger partial charge in [-0.05, 0) is 17.9 Å². The van der Waals surface area contributed by atoms with Crippen LogP contribution in [-0.2, 0) is 11.3 Å². The number of alkyl carbamates (subject to hydrolysis) is 1. The van der Waals surface area contributed by atoms with E-state index in [0.717, 1.165) is 12.0 Å². The summed E-state index contributed by atoms with van der Waals surface area (Å²) in [6.45, 7) is 4.37. The van der Waals surface area contributed by atoms with E-state index >= 15 is 0 Å². The molecule has 94 valence electrons. The summed E-state index contributed by atoms with van der Waals surface area (Å²) in [6, 6.07) is 9.53. The van der Waals surface area contributed by atoms with Crippen molar-refractivity contribution in [1.82, 2.24) is 5.32 Å². The quantitative estimate of drug-likeness (QED) is 0.771. The Hall–Kier alpha value is -1.55. The zero-order valence-corrected chi connectivity index (χ0v) is 10.3. The summed E-state index contributed by atoms with van der Waals surface area (Å²) in [4.78, 5) is 11.4. The monoisotopic (exact) mass is 236 g/mol. The van der Waals surface area contributed by atoms with Gasteiger partial charge in [0.25, 0.3) is 0 Å². The molecule has 0 saturated carbocycles. The molecule has 4 nitrogen and oxygen atoms in total. The molecule has 4 heteroatoms. The lowest BCUT2D eigenvalue weighted by Crippen LogP contribution is -2.42. The first kappa shape index (κ1) is 13.5. The molecule has 1 amide bonds. The maximum absolute atomic E-state index is 11.4. The number of carbonyl (C=O) groups excluding carboxylic acids is 1. The van der Waals surface area contributed by atoms with Gasteiger partial charge in [0.15, 0.2) is 0 Å². The number of hydrogen-bond donors (Lipinski definition) is 2. The lowest BCUT2D eigenvalue weighted by Gasteiger charge is -2.15. The molecule has 1 unspecified atom stereocenters. The third-order valence-electron chi connectivity index (χ3n) is 2.24. The number of hydrogen-bond acceptors (Lipinski definition) is 3. The van der Waals surface area contributed by atoms with Gasteiger partial charge in [0.2, 0.25) is 0 Å². The summed E-state index contributed by atoms with van der Waals surface area (Å²) < 4.78 is 5.05. The Balaban J connectivity index is 2.26. The summed E-state index contributed by atoms with van der Waals surface area (Å²) in [7, 11) is 0. The minimum absolute atomic E-state index is 0.265. The van der Waals surface area contributed by atoms with Crippen LogP contribution in [0.4, 0.5) is 4.79 Å². The maximum atomic E-state index is 11.4. The number of nitrogens with one attached hydrogen (secondary N) is 1. The second kappa shape index (κ2) is 6.91. The average molecular weight is 236 g/mol. The minimum Gasteiger partial charge on any atom is -0.445 e.